The largest absolute Gasteiger partial charge is 0.497 e. The van der Waals surface area contributed by atoms with Gasteiger partial charge in [0.1, 0.15) is 24.2 Å². The van der Waals surface area contributed by atoms with Gasteiger partial charge >= 0.3 is 0 Å². The van der Waals surface area contributed by atoms with Crippen molar-refractivity contribution < 1.29 is 18.5 Å². The molecule has 0 saturated carbocycles. The predicted molar refractivity (Wildman–Crippen MR) is 156 cm³/mol. The summed E-state index contributed by atoms with van der Waals surface area (Å²) in [5, 5.41) is 1.62. The van der Waals surface area contributed by atoms with Crippen molar-refractivity contribution >= 4 is 26.1 Å². The fourth-order valence-corrected chi connectivity index (χ4v) is 9.23. The summed E-state index contributed by atoms with van der Waals surface area (Å²) in [5.74, 6) is 1.52. The van der Waals surface area contributed by atoms with Gasteiger partial charge in [-0.1, -0.05) is 84.9 Å². The van der Waals surface area contributed by atoms with Crippen LogP contribution in [0.25, 0.3) is 0 Å². The van der Waals surface area contributed by atoms with Crippen molar-refractivity contribution in [1.82, 2.24) is 0 Å². The first-order chi connectivity index (χ1) is 17.7. The van der Waals surface area contributed by atoms with E-state index in [0.29, 0.717) is 0 Å². The van der Waals surface area contributed by atoms with Crippen LogP contribution in [-0.4, -0.2) is 28.7 Å². The molecular formula is C31H35O4PSi. The highest BCUT2D eigenvalue weighted by Gasteiger charge is 2.46. The van der Waals surface area contributed by atoms with Crippen LogP contribution in [0.3, 0.4) is 0 Å². The van der Waals surface area contributed by atoms with Crippen LogP contribution >= 0.6 is 7.14 Å². The average molecular weight is 531 g/mol. The Bertz CT molecular complexity index is 1240. The minimum atomic E-state index is -3.17. The van der Waals surface area contributed by atoms with E-state index in [4.69, 9.17) is 13.9 Å². The van der Waals surface area contributed by atoms with Gasteiger partial charge in [0.2, 0.25) is 0 Å². The zero-order valence-electron chi connectivity index (χ0n) is 22.2. The zero-order valence-corrected chi connectivity index (χ0v) is 24.1. The Kier molecular flexibility index (Phi) is 8.08. The quantitative estimate of drug-likeness (QED) is 0.167. The van der Waals surface area contributed by atoms with Crippen LogP contribution in [0.15, 0.2) is 109 Å². The van der Waals surface area contributed by atoms with Gasteiger partial charge in [0.25, 0.3) is 0 Å². The summed E-state index contributed by atoms with van der Waals surface area (Å²) < 4.78 is 33.5. The molecule has 0 aliphatic heterocycles. The number of rotatable bonds is 10. The molecule has 0 unspecified atom stereocenters. The summed E-state index contributed by atoms with van der Waals surface area (Å²) in [5.41, 5.74) is 0.908. The molecule has 0 radical (unpaired) electrons. The fourth-order valence-electron chi connectivity index (χ4n) is 4.73. The molecule has 192 valence electrons. The molecule has 6 heteroatoms. The molecule has 0 aliphatic rings. The number of ether oxygens (including phenoxy) is 2. The van der Waals surface area contributed by atoms with Gasteiger partial charge in [0.05, 0.1) is 14.2 Å². The first kappa shape index (κ1) is 26.9. The molecule has 4 rings (SSSR count). The highest BCUT2D eigenvalue weighted by atomic mass is 31.2. The lowest BCUT2D eigenvalue weighted by Crippen LogP contribution is -2.45. The Hall–Kier alpha value is -3.11. The van der Waals surface area contributed by atoms with Crippen LogP contribution in [0, 0.1) is 0 Å². The smallest absolute Gasteiger partial charge is 0.185 e. The summed E-state index contributed by atoms with van der Waals surface area (Å²) in [4.78, 5) is 0. The summed E-state index contributed by atoms with van der Waals surface area (Å²) in [6, 6.07) is 35.5. The molecular weight excluding hydrogens is 495 g/mol. The molecule has 4 nitrogen and oxygen atoms in total. The maximum Gasteiger partial charge on any atom is 0.185 e. The maximum atomic E-state index is 15.4. The average Bonchev–Trinajstić information content (AvgIpc) is 2.93. The van der Waals surface area contributed by atoms with Crippen LogP contribution in [0.5, 0.6) is 11.5 Å². The summed E-state index contributed by atoms with van der Waals surface area (Å²) in [6.45, 7) is 6.51. The maximum absolute atomic E-state index is 15.4. The third-order valence-corrected chi connectivity index (χ3v) is 10.5. The number of benzene rings is 4. The number of methoxy groups -OCH3 is 2. The molecule has 0 fully saturated rings. The molecule has 37 heavy (non-hydrogen) atoms. The van der Waals surface area contributed by atoms with Crippen LogP contribution in [0.2, 0.25) is 19.6 Å². The van der Waals surface area contributed by atoms with Crippen LogP contribution < -0.4 is 20.1 Å². The standard InChI is InChI=1S/C31H35O4PSi/c1-33-27-20-16-25(17-21-27)31(35-37(3,4)5,26-18-22-28(34-2)23-19-26)24-36(32,29-12-8-6-9-13-29)30-14-10-7-11-15-30/h6-23H,24H2,1-5H3. The first-order valence-electron chi connectivity index (χ1n) is 12.4. The highest BCUT2D eigenvalue weighted by molar-refractivity contribution is 7.78. The van der Waals surface area contributed by atoms with Gasteiger partial charge in [-0.15, -0.1) is 0 Å². The molecule has 0 atom stereocenters. The van der Waals surface area contributed by atoms with Gasteiger partial charge in [-0.05, 0) is 55.0 Å². The first-order valence-corrected chi connectivity index (χ1v) is 17.7. The fraction of sp³-hybridized carbons (Fsp3) is 0.226. The lowest BCUT2D eigenvalue weighted by Gasteiger charge is -2.42. The Labute approximate surface area is 221 Å². The Morgan fingerprint density at radius 1 is 0.622 bits per heavy atom. The second-order valence-corrected chi connectivity index (χ2v) is 17.3. The number of hydrogen-bond acceptors (Lipinski definition) is 4. The summed E-state index contributed by atoms with van der Waals surface area (Å²) in [7, 11) is -2.04. The molecule has 0 bridgehead atoms. The zero-order chi connectivity index (χ0) is 26.5. The van der Waals surface area contributed by atoms with Crippen LogP contribution in [0.1, 0.15) is 11.1 Å². The minimum absolute atomic E-state index is 0.275. The van der Waals surface area contributed by atoms with E-state index in [1.54, 1.807) is 14.2 Å². The van der Waals surface area contributed by atoms with Gasteiger partial charge in [0.15, 0.2) is 8.32 Å². The van der Waals surface area contributed by atoms with Crippen molar-refractivity contribution in [2.75, 3.05) is 20.4 Å². The van der Waals surface area contributed by atoms with E-state index in [1.807, 2.05) is 109 Å². The normalized spacial score (nSPS) is 12.2. The molecule has 0 amide bonds. The third kappa shape index (κ3) is 5.91. The van der Waals surface area contributed by atoms with Gasteiger partial charge in [-0.3, -0.25) is 0 Å². The molecule has 0 saturated heterocycles. The minimum Gasteiger partial charge on any atom is -0.497 e. The SMILES string of the molecule is COc1ccc(C(CP(=O)(c2ccccc2)c2ccccc2)(O[Si](C)(C)C)c2ccc(OC)cc2)cc1. The van der Waals surface area contributed by atoms with Gasteiger partial charge in [-0.25, -0.2) is 0 Å². The summed E-state index contributed by atoms with van der Waals surface area (Å²) >= 11 is 0. The van der Waals surface area contributed by atoms with E-state index in [2.05, 4.69) is 19.6 Å². The van der Waals surface area contributed by atoms with Crippen molar-refractivity contribution in [3.05, 3.63) is 120 Å². The van der Waals surface area contributed by atoms with E-state index in [0.717, 1.165) is 33.2 Å². The Morgan fingerprint density at radius 2 is 1.00 bits per heavy atom. The lowest BCUT2D eigenvalue weighted by molar-refractivity contribution is 0.127. The lowest BCUT2D eigenvalue weighted by atomic mass is 9.88. The van der Waals surface area contributed by atoms with E-state index in [-0.39, 0.29) is 6.16 Å². The van der Waals surface area contributed by atoms with Crippen molar-refractivity contribution in [3.63, 3.8) is 0 Å². The van der Waals surface area contributed by atoms with Crippen molar-refractivity contribution in [3.8, 4) is 11.5 Å². The van der Waals surface area contributed by atoms with Crippen LogP contribution in [0.4, 0.5) is 0 Å². The van der Waals surface area contributed by atoms with Crippen LogP contribution in [-0.2, 0) is 14.6 Å². The van der Waals surface area contributed by atoms with Crippen molar-refractivity contribution in [1.29, 1.82) is 0 Å². The van der Waals surface area contributed by atoms with Gasteiger partial charge in [0, 0.05) is 16.8 Å². The molecule has 4 aromatic carbocycles. The monoisotopic (exact) mass is 530 g/mol. The number of hydrogen-bond donors (Lipinski definition) is 0. The van der Waals surface area contributed by atoms with E-state index in [9.17, 15) is 0 Å². The molecule has 0 spiro atoms. The second-order valence-electron chi connectivity index (χ2n) is 10.1. The molecule has 4 aromatic rings. The third-order valence-electron chi connectivity index (χ3n) is 6.38. The van der Waals surface area contributed by atoms with Crippen molar-refractivity contribution in [2.24, 2.45) is 0 Å². The van der Waals surface area contributed by atoms with Gasteiger partial charge in [-0.2, -0.15) is 0 Å². The van der Waals surface area contributed by atoms with E-state index >= 15 is 4.57 Å². The van der Waals surface area contributed by atoms with E-state index < -0.39 is 21.1 Å². The molecule has 0 aliphatic carbocycles. The van der Waals surface area contributed by atoms with E-state index in [1.165, 1.54) is 0 Å². The molecule has 0 aromatic heterocycles. The van der Waals surface area contributed by atoms with Crippen molar-refractivity contribution in [2.45, 2.75) is 25.2 Å². The molecule has 0 N–H and O–H groups in total. The Morgan fingerprint density at radius 3 is 1.32 bits per heavy atom. The molecule has 0 heterocycles. The second kappa shape index (κ2) is 11.1. The predicted octanol–water partition coefficient (Wildman–Crippen LogP) is 6.81. The topological polar surface area (TPSA) is 44.8 Å². The Balaban J connectivity index is 2.02. The van der Waals surface area contributed by atoms with Gasteiger partial charge < -0.3 is 18.5 Å². The highest BCUT2D eigenvalue weighted by Crippen LogP contribution is 2.53. The summed E-state index contributed by atoms with van der Waals surface area (Å²) in [6.07, 6.45) is 0.275.